The van der Waals surface area contributed by atoms with Crippen LogP contribution < -0.4 is 0 Å². The smallest absolute Gasteiger partial charge is 0.139 e. The number of benzene rings is 1. The summed E-state index contributed by atoms with van der Waals surface area (Å²) in [7, 11) is -1.98. The maximum absolute atomic E-state index is 12.7. The van der Waals surface area contributed by atoms with Crippen LogP contribution >= 0.6 is 0 Å². The fraction of sp³-hybridized carbons (Fsp3) is 0.421. The Bertz CT molecular complexity index is 507. The maximum Gasteiger partial charge on any atom is 0.139 e. The average molecular weight is 317 g/mol. The Hall–Kier alpha value is -1.45. The Kier molecular flexibility index (Phi) is 7.49. The molecule has 0 aromatic heterocycles. The second-order valence-electron chi connectivity index (χ2n) is 5.76. The number of carbonyl (C=O) groups excluding carboxylic acids is 1. The van der Waals surface area contributed by atoms with Crippen LogP contribution in [0.2, 0.25) is 18.1 Å². The van der Waals surface area contributed by atoms with Gasteiger partial charge in [0, 0.05) is 5.57 Å². The van der Waals surface area contributed by atoms with Gasteiger partial charge >= 0.3 is 0 Å². The highest BCUT2D eigenvalue weighted by Crippen LogP contribution is 2.25. The summed E-state index contributed by atoms with van der Waals surface area (Å²) in [6.45, 7) is 10.1. The van der Waals surface area contributed by atoms with Crippen molar-refractivity contribution in [2.75, 3.05) is 0 Å². The zero-order valence-electron chi connectivity index (χ0n) is 14.0. The molecule has 1 aromatic carbocycles. The molecule has 0 amide bonds. The molecule has 2 nitrogen and oxygen atoms in total. The van der Waals surface area contributed by atoms with E-state index in [0.717, 1.165) is 24.6 Å². The summed E-state index contributed by atoms with van der Waals surface area (Å²) in [5, 5.41) is 10.4. The Balaban J connectivity index is 2.70. The molecule has 3 heteroatoms. The highest BCUT2D eigenvalue weighted by Gasteiger charge is 2.38. The third-order valence-corrected chi connectivity index (χ3v) is 10.0. The topological polar surface area (TPSA) is 37.3 Å². The molecule has 0 spiro atoms. The van der Waals surface area contributed by atoms with Crippen LogP contribution in [0.5, 0.6) is 0 Å². The first-order valence-electron chi connectivity index (χ1n) is 8.13. The Labute approximate surface area is 135 Å². The van der Waals surface area contributed by atoms with Gasteiger partial charge in [-0.25, -0.2) is 0 Å². The molecule has 0 fully saturated rings. The number of hydrogen-bond donors (Lipinski definition) is 1. The second-order valence-corrected chi connectivity index (χ2v) is 10.9. The number of aliphatic hydroxyl groups is 1. The molecule has 0 aliphatic heterocycles. The van der Waals surface area contributed by atoms with Crippen LogP contribution in [0.1, 0.15) is 26.3 Å². The van der Waals surface area contributed by atoms with E-state index in [1.807, 2.05) is 36.4 Å². The number of aliphatic hydroxyl groups excluding tert-OH is 1. The minimum absolute atomic E-state index is 0.136. The summed E-state index contributed by atoms with van der Waals surface area (Å²) < 4.78 is 0. The molecule has 0 bridgehead atoms. The number of carbonyl (C=O) groups is 1. The molecule has 0 saturated heterocycles. The Morgan fingerprint density at radius 1 is 1.18 bits per heavy atom. The van der Waals surface area contributed by atoms with Crippen molar-refractivity contribution in [3.63, 3.8) is 0 Å². The van der Waals surface area contributed by atoms with E-state index in [1.54, 1.807) is 6.08 Å². The van der Waals surface area contributed by atoms with Crippen molar-refractivity contribution >= 4 is 13.5 Å². The molecule has 1 unspecified atom stereocenters. The molecule has 120 valence electrons. The fourth-order valence-electron chi connectivity index (χ4n) is 2.77. The third kappa shape index (κ3) is 4.52. The molecule has 0 heterocycles. The van der Waals surface area contributed by atoms with Crippen molar-refractivity contribution in [2.45, 2.75) is 51.4 Å². The van der Waals surface area contributed by atoms with Gasteiger partial charge in [-0.1, -0.05) is 88.0 Å². The fourth-order valence-corrected chi connectivity index (χ4v) is 6.06. The summed E-state index contributed by atoms with van der Waals surface area (Å²) in [5.41, 5.74) is 1.55. The van der Waals surface area contributed by atoms with Gasteiger partial charge < -0.3 is 9.90 Å². The summed E-state index contributed by atoms with van der Waals surface area (Å²) in [6, 6.07) is 12.8. The van der Waals surface area contributed by atoms with Gasteiger partial charge in [-0.2, -0.15) is 0 Å². The first-order valence-corrected chi connectivity index (χ1v) is 10.7. The molecule has 0 aliphatic carbocycles. The lowest BCUT2D eigenvalue weighted by atomic mass is 10.1. The lowest BCUT2D eigenvalue weighted by molar-refractivity contribution is -0.110. The van der Waals surface area contributed by atoms with E-state index in [2.05, 4.69) is 27.4 Å². The summed E-state index contributed by atoms with van der Waals surface area (Å²) in [4.78, 5) is 12.7. The summed E-state index contributed by atoms with van der Waals surface area (Å²) in [5.74, 6) is 0. The summed E-state index contributed by atoms with van der Waals surface area (Å²) in [6.07, 6.45) is 3.48. The zero-order chi connectivity index (χ0) is 16.6. The van der Waals surface area contributed by atoms with Crippen molar-refractivity contribution in [3.8, 4) is 0 Å². The van der Waals surface area contributed by atoms with E-state index >= 15 is 0 Å². The van der Waals surface area contributed by atoms with Crippen LogP contribution in [0.25, 0.3) is 0 Å². The van der Waals surface area contributed by atoms with Crippen LogP contribution in [-0.4, -0.2) is 24.7 Å². The van der Waals surface area contributed by atoms with E-state index in [-0.39, 0.29) is 5.41 Å². The van der Waals surface area contributed by atoms with Gasteiger partial charge in [0.25, 0.3) is 0 Å². The minimum atomic E-state index is -1.98. The molecule has 22 heavy (non-hydrogen) atoms. The highest BCUT2D eigenvalue weighted by atomic mass is 28.3. The minimum Gasteiger partial charge on any atom is -0.384 e. The van der Waals surface area contributed by atoms with Gasteiger partial charge in [0.05, 0.1) is 6.10 Å². The van der Waals surface area contributed by atoms with Crippen LogP contribution in [0.3, 0.4) is 0 Å². The standard InChI is InChI=1S/C19H28O2Si/c1-5-22(6-2,7-3)19(21)16(4)18(20)15-11-14-17-12-9-8-10-13-17/h8-13,15,18,20H,4-7,14H2,1-3H3. The Morgan fingerprint density at radius 3 is 2.23 bits per heavy atom. The van der Waals surface area contributed by atoms with E-state index in [9.17, 15) is 9.90 Å². The van der Waals surface area contributed by atoms with E-state index < -0.39 is 14.2 Å². The normalized spacial score (nSPS) is 13.3. The zero-order valence-corrected chi connectivity index (χ0v) is 15.0. The molecule has 1 aromatic rings. The molecular weight excluding hydrogens is 288 g/mol. The van der Waals surface area contributed by atoms with Crippen LogP contribution in [0, 0.1) is 0 Å². The molecule has 0 aliphatic rings. The highest BCUT2D eigenvalue weighted by molar-refractivity contribution is 7.07. The predicted molar refractivity (Wildman–Crippen MR) is 96.6 cm³/mol. The molecule has 0 radical (unpaired) electrons. The van der Waals surface area contributed by atoms with E-state index in [4.69, 9.17) is 0 Å². The van der Waals surface area contributed by atoms with Crippen molar-refractivity contribution in [1.82, 2.24) is 0 Å². The van der Waals surface area contributed by atoms with Crippen LogP contribution in [0.15, 0.2) is 54.6 Å². The first-order chi connectivity index (χ1) is 10.5. The van der Waals surface area contributed by atoms with Crippen LogP contribution in [-0.2, 0) is 11.2 Å². The van der Waals surface area contributed by atoms with Crippen molar-refractivity contribution in [2.24, 2.45) is 0 Å². The van der Waals surface area contributed by atoms with Crippen molar-refractivity contribution in [3.05, 3.63) is 60.2 Å². The Morgan fingerprint density at radius 2 is 1.73 bits per heavy atom. The molecule has 0 saturated carbocycles. The van der Waals surface area contributed by atoms with Gasteiger partial charge in [-0.3, -0.25) is 0 Å². The third-order valence-electron chi connectivity index (χ3n) is 4.68. The lowest BCUT2D eigenvalue weighted by Crippen LogP contribution is -2.44. The van der Waals surface area contributed by atoms with Gasteiger partial charge in [0.1, 0.15) is 13.5 Å². The maximum atomic E-state index is 12.7. The number of allylic oxidation sites excluding steroid dienone is 1. The lowest BCUT2D eigenvalue weighted by Gasteiger charge is -2.27. The molecule has 1 N–H and O–H groups in total. The summed E-state index contributed by atoms with van der Waals surface area (Å²) >= 11 is 0. The van der Waals surface area contributed by atoms with Crippen molar-refractivity contribution < 1.29 is 9.90 Å². The first kappa shape index (κ1) is 18.6. The molecular formula is C19H28O2Si. The van der Waals surface area contributed by atoms with Gasteiger partial charge in [-0.05, 0) is 12.0 Å². The molecule has 1 rings (SSSR count). The second kappa shape index (κ2) is 8.86. The number of rotatable bonds is 9. The predicted octanol–water partition coefficient (Wildman–Crippen LogP) is 4.32. The van der Waals surface area contributed by atoms with Crippen molar-refractivity contribution in [1.29, 1.82) is 0 Å². The van der Waals surface area contributed by atoms with Gasteiger partial charge in [0.15, 0.2) is 0 Å². The SMILES string of the molecule is C=C(C(=O)[Si](CC)(CC)CC)C(O)C=CCc1ccccc1. The largest absolute Gasteiger partial charge is 0.384 e. The van der Waals surface area contributed by atoms with E-state index in [0.29, 0.717) is 5.57 Å². The van der Waals surface area contributed by atoms with Gasteiger partial charge in [-0.15, -0.1) is 0 Å². The quantitative estimate of drug-likeness (QED) is 0.418. The number of hydrogen-bond acceptors (Lipinski definition) is 2. The molecule has 1 atom stereocenters. The van der Waals surface area contributed by atoms with Gasteiger partial charge in [0.2, 0.25) is 0 Å². The average Bonchev–Trinajstić information content (AvgIpc) is 2.57. The van der Waals surface area contributed by atoms with E-state index in [1.165, 1.54) is 5.56 Å². The monoisotopic (exact) mass is 316 g/mol. The van der Waals surface area contributed by atoms with Crippen LogP contribution in [0.4, 0.5) is 0 Å².